The van der Waals surface area contributed by atoms with E-state index < -0.39 is 0 Å². The van der Waals surface area contributed by atoms with Crippen LogP contribution < -0.4 is 18.1 Å². The normalized spacial score (nSPS) is 22.2. The molecule has 2 unspecified atom stereocenters. The second kappa shape index (κ2) is 5.99. The lowest BCUT2D eigenvalue weighted by Crippen LogP contribution is -3.00. The SMILES string of the molecule is CC1C(=O)C1C.Nc1ccc(Cl)cc1.[Cl-]. The first-order chi connectivity index (χ1) is 6.52. The summed E-state index contributed by atoms with van der Waals surface area (Å²) in [5.41, 5.74) is 6.11. The zero-order valence-corrected chi connectivity index (χ0v) is 10.2. The molecule has 2 nitrogen and oxygen atoms in total. The highest BCUT2D eigenvalue weighted by Gasteiger charge is 2.40. The lowest BCUT2D eigenvalue weighted by Gasteiger charge is -1.88. The third kappa shape index (κ3) is 4.54. The van der Waals surface area contributed by atoms with Crippen molar-refractivity contribution in [2.45, 2.75) is 13.8 Å². The average Bonchev–Trinajstić information content (AvgIpc) is 2.68. The van der Waals surface area contributed by atoms with Gasteiger partial charge in [0, 0.05) is 22.5 Å². The summed E-state index contributed by atoms with van der Waals surface area (Å²) in [7, 11) is 0. The molecule has 0 aromatic heterocycles. The van der Waals surface area contributed by atoms with Gasteiger partial charge in [-0.15, -0.1) is 0 Å². The van der Waals surface area contributed by atoms with Gasteiger partial charge in [-0.1, -0.05) is 25.4 Å². The summed E-state index contributed by atoms with van der Waals surface area (Å²) in [5.74, 6) is 1.19. The van der Waals surface area contributed by atoms with Gasteiger partial charge in [0.05, 0.1) is 0 Å². The van der Waals surface area contributed by atoms with Crippen LogP contribution in [0.2, 0.25) is 5.02 Å². The third-order valence-corrected chi connectivity index (χ3v) is 2.66. The summed E-state index contributed by atoms with van der Waals surface area (Å²) in [4.78, 5) is 10.2. The van der Waals surface area contributed by atoms with E-state index in [1.54, 1.807) is 24.3 Å². The maximum absolute atomic E-state index is 10.2. The molecule has 0 spiro atoms. The zero-order valence-electron chi connectivity index (χ0n) is 8.71. The Morgan fingerprint density at radius 2 is 1.47 bits per heavy atom. The minimum Gasteiger partial charge on any atom is -1.00 e. The number of Topliss-reactive ketones (excluding diaryl/α,β-unsaturated/α-hetero) is 1. The van der Waals surface area contributed by atoms with E-state index in [4.69, 9.17) is 17.3 Å². The van der Waals surface area contributed by atoms with Crippen molar-refractivity contribution in [2.24, 2.45) is 11.8 Å². The molecule has 1 aliphatic carbocycles. The predicted octanol–water partition coefficient (Wildman–Crippen LogP) is -0.232. The summed E-state index contributed by atoms with van der Waals surface area (Å²) in [6, 6.07) is 7.05. The molecule has 1 saturated carbocycles. The molecule has 0 aliphatic heterocycles. The van der Waals surface area contributed by atoms with Crippen LogP contribution >= 0.6 is 11.6 Å². The molecule has 1 aliphatic rings. The van der Waals surface area contributed by atoms with E-state index in [2.05, 4.69) is 0 Å². The van der Waals surface area contributed by atoms with Crippen molar-refractivity contribution in [2.75, 3.05) is 5.73 Å². The molecule has 0 heterocycles. The molecule has 2 atom stereocenters. The van der Waals surface area contributed by atoms with Gasteiger partial charge >= 0.3 is 0 Å². The van der Waals surface area contributed by atoms with E-state index in [9.17, 15) is 4.79 Å². The first-order valence-corrected chi connectivity index (χ1v) is 4.95. The number of hydrogen-bond acceptors (Lipinski definition) is 2. The van der Waals surface area contributed by atoms with Crippen LogP contribution in [0.3, 0.4) is 0 Å². The van der Waals surface area contributed by atoms with Gasteiger partial charge < -0.3 is 18.1 Å². The van der Waals surface area contributed by atoms with Crippen LogP contribution in [0.5, 0.6) is 0 Å². The molecular weight excluding hydrogens is 233 g/mol. The topological polar surface area (TPSA) is 43.1 Å². The monoisotopic (exact) mass is 246 g/mol. The summed E-state index contributed by atoms with van der Waals surface area (Å²) in [6.07, 6.45) is 0. The quantitative estimate of drug-likeness (QED) is 0.643. The number of rotatable bonds is 0. The molecule has 0 radical (unpaired) electrons. The Morgan fingerprint density at radius 3 is 1.67 bits per heavy atom. The standard InChI is InChI=1S/C6H6ClN.C5H8O.ClH/c7-5-1-3-6(8)4-2-5;1-3-4(2)5(3)6;/h1-4H,8H2;3-4H,1-2H3;1H/p-1. The number of benzene rings is 1. The Kier molecular flexibility index (Phi) is 5.69. The Bertz CT molecular complexity index is 293. The molecular formula is C11H14Cl2NO-. The maximum atomic E-state index is 10.2. The van der Waals surface area contributed by atoms with Crippen molar-refractivity contribution in [3.63, 3.8) is 0 Å². The van der Waals surface area contributed by atoms with Crippen LogP contribution in [0.15, 0.2) is 24.3 Å². The molecule has 0 amide bonds. The van der Waals surface area contributed by atoms with Gasteiger partial charge in [-0.25, -0.2) is 0 Å². The molecule has 15 heavy (non-hydrogen) atoms. The van der Waals surface area contributed by atoms with E-state index in [-0.39, 0.29) is 12.4 Å². The minimum atomic E-state index is 0. The van der Waals surface area contributed by atoms with Gasteiger partial charge in [-0.3, -0.25) is 4.79 Å². The van der Waals surface area contributed by atoms with E-state index in [1.165, 1.54) is 0 Å². The van der Waals surface area contributed by atoms with Crippen LogP contribution in [0.25, 0.3) is 0 Å². The molecule has 84 valence electrons. The number of nitrogen functional groups attached to an aromatic ring is 1. The Morgan fingerprint density at radius 1 is 1.13 bits per heavy atom. The number of carbonyl (C=O) groups is 1. The number of halogens is 2. The maximum Gasteiger partial charge on any atom is 0.139 e. The smallest absolute Gasteiger partial charge is 0.139 e. The lowest BCUT2D eigenvalue weighted by atomic mass is 10.3. The highest BCUT2D eigenvalue weighted by Crippen LogP contribution is 2.31. The van der Waals surface area contributed by atoms with Gasteiger partial charge in [0.25, 0.3) is 0 Å². The van der Waals surface area contributed by atoms with Crippen LogP contribution in [0.1, 0.15) is 13.8 Å². The molecule has 4 heteroatoms. The zero-order chi connectivity index (χ0) is 10.7. The van der Waals surface area contributed by atoms with Crippen molar-refractivity contribution in [3.05, 3.63) is 29.3 Å². The highest BCUT2D eigenvalue weighted by atomic mass is 35.5. The molecule has 1 aromatic carbocycles. The predicted molar refractivity (Wildman–Crippen MR) is 59.2 cm³/mol. The van der Waals surface area contributed by atoms with Crippen LogP contribution in [-0.4, -0.2) is 5.78 Å². The fraction of sp³-hybridized carbons (Fsp3) is 0.364. The van der Waals surface area contributed by atoms with Gasteiger partial charge in [-0.2, -0.15) is 0 Å². The van der Waals surface area contributed by atoms with E-state index >= 15 is 0 Å². The van der Waals surface area contributed by atoms with Crippen molar-refractivity contribution in [1.29, 1.82) is 0 Å². The average molecular weight is 247 g/mol. The summed E-state index contributed by atoms with van der Waals surface area (Å²) >= 11 is 5.56. The van der Waals surface area contributed by atoms with E-state index in [1.807, 2.05) is 13.8 Å². The van der Waals surface area contributed by atoms with Crippen LogP contribution in [0, 0.1) is 11.8 Å². The summed E-state index contributed by atoms with van der Waals surface area (Å²) in [6.45, 7) is 3.93. The van der Waals surface area contributed by atoms with Crippen molar-refractivity contribution >= 4 is 23.1 Å². The Labute approximate surface area is 101 Å². The molecule has 2 rings (SSSR count). The number of anilines is 1. The van der Waals surface area contributed by atoms with Crippen LogP contribution in [-0.2, 0) is 4.79 Å². The number of hydrogen-bond donors (Lipinski definition) is 1. The number of nitrogens with two attached hydrogens (primary N) is 1. The van der Waals surface area contributed by atoms with Crippen molar-refractivity contribution < 1.29 is 17.2 Å². The Hall–Kier alpha value is -0.730. The first kappa shape index (κ1) is 14.3. The highest BCUT2D eigenvalue weighted by molar-refractivity contribution is 6.30. The molecule has 0 saturated heterocycles. The summed E-state index contributed by atoms with van der Waals surface area (Å²) in [5, 5.41) is 0.721. The van der Waals surface area contributed by atoms with Crippen LogP contribution in [0.4, 0.5) is 5.69 Å². The largest absolute Gasteiger partial charge is 1.00 e. The Balaban J connectivity index is 0.000000253. The van der Waals surface area contributed by atoms with Gasteiger partial charge in [0.15, 0.2) is 0 Å². The third-order valence-electron chi connectivity index (χ3n) is 2.41. The lowest BCUT2D eigenvalue weighted by molar-refractivity contribution is -0.111. The molecule has 1 aromatic rings. The second-order valence-corrected chi connectivity index (χ2v) is 3.97. The van der Waals surface area contributed by atoms with E-state index in [0.717, 1.165) is 10.7 Å². The van der Waals surface area contributed by atoms with Crippen molar-refractivity contribution in [3.8, 4) is 0 Å². The minimum absolute atomic E-state index is 0. The van der Waals surface area contributed by atoms with Crippen molar-refractivity contribution in [1.82, 2.24) is 0 Å². The number of carbonyl (C=O) groups excluding carboxylic acids is 1. The fourth-order valence-electron chi connectivity index (χ4n) is 0.992. The number of ketones is 1. The van der Waals surface area contributed by atoms with Gasteiger partial charge in [-0.05, 0) is 24.3 Å². The van der Waals surface area contributed by atoms with Gasteiger partial charge in [0.2, 0.25) is 0 Å². The summed E-state index contributed by atoms with van der Waals surface area (Å²) < 4.78 is 0. The first-order valence-electron chi connectivity index (χ1n) is 4.57. The van der Waals surface area contributed by atoms with Gasteiger partial charge in [0.1, 0.15) is 5.78 Å². The van der Waals surface area contributed by atoms with E-state index in [0.29, 0.717) is 17.6 Å². The fourth-order valence-corrected chi connectivity index (χ4v) is 1.12. The molecule has 2 N–H and O–H groups in total. The molecule has 1 fully saturated rings. The molecule has 0 bridgehead atoms. The second-order valence-electron chi connectivity index (χ2n) is 3.53.